The molecular formula is C47H67N15O16. The summed E-state index contributed by atoms with van der Waals surface area (Å²) in [4.78, 5) is 170. The number of primary amides is 1. The number of phenolic OH excluding ortho intramolecular Hbond substituents is 1. The molecule has 9 amide bonds. The van der Waals surface area contributed by atoms with Gasteiger partial charge in [0.2, 0.25) is 53.2 Å². The average molecular weight is 1100 g/mol. The first-order valence-electron chi connectivity index (χ1n) is 24.8. The third-order valence-corrected chi connectivity index (χ3v) is 12.6. The van der Waals surface area contributed by atoms with E-state index in [1.807, 2.05) is 0 Å². The fourth-order valence-corrected chi connectivity index (χ4v) is 8.63. The lowest BCUT2D eigenvalue weighted by Crippen LogP contribution is -2.60. The van der Waals surface area contributed by atoms with Gasteiger partial charge in [-0.15, -0.1) is 0 Å². The second kappa shape index (κ2) is 30.0. The molecule has 426 valence electrons. The molecule has 2 fully saturated rings. The SMILES string of the molecule is NC(=O)CC[C@H](NC(=O)[C@@H]1CCCN1C(=O)[C@H](Cc1cnc[nH]1)NC(=O)[C@@H]1CCCN1C(=O)[C@H](CC(=O)O)NC(=O)[C@@H](N)CCC(=O)O)C(=O)N[C@@H](CCCN=C(N)N)C(=O)NCC(=O)N[C@@H](Cc1ccc(O)cc1)C(=O)O. The third kappa shape index (κ3) is 19.7. The average Bonchev–Trinajstić information content (AvgIpc) is 4.22. The first-order chi connectivity index (χ1) is 36.9. The second-order valence-corrected chi connectivity index (χ2v) is 18.5. The van der Waals surface area contributed by atoms with Crippen LogP contribution < -0.4 is 54.8 Å². The Morgan fingerprint density at radius 3 is 1.82 bits per heavy atom. The second-order valence-electron chi connectivity index (χ2n) is 18.5. The smallest absolute Gasteiger partial charge is 0.326 e. The molecule has 19 N–H and O–H groups in total. The van der Waals surface area contributed by atoms with Gasteiger partial charge in [0.1, 0.15) is 48.0 Å². The zero-order valence-corrected chi connectivity index (χ0v) is 42.4. The summed E-state index contributed by atoms with van der Waals surface area (Å²) in [5.41, 5.74) is 22.9. The largest absolute Gasteiger partial charge is 0.508 e. The van der Waals surface area contributed by atoms with Crippen LogP contribution in [0.4, 0.5) is 0 Å². The molecular weight excluding hydrogens is 1030 g/mol. The fraction of sp³-hybridized carbons (Fsp3) is 0.532. The molecule has 1 aromatic carbocycles. The number of nitrogens with two attached hydrogens (primary N) is 4. The Bertz CT molecular complexity index is 2520. The van der Waals surface area contributed by atoms with E-state index in [9.17, 15) is 72.9 Å². The Labute approximate surface area is 445 Å². The fourth-order valence-electron chi connectivity index (χ4n) is 8.63. The minimum atomic E-state index is -1.71. The molecule has 2 aliphatic rings. The molecule has 1 aromatic heterocycles. The number of imidazole rings is 1. The maximum Gasteiger partial charge on any atom is 0.326 e. The lowest BCUT2D eigenvalue weighted by atomic mass is 10.1. The van der Waals surface area contributed by atoms with E-state index in [2.05, 4.69) is 46.9 Å². The number of carbonyl (C=O) groups is 12. The number of aliphatic carboxylic acids is 3. The Morgan fingerprint density at radius 2 is 1.27 bits per heavy atom. The van der Waals surface area contributed by atoms with Gasteiger partial charge in [0.25, 0.3) is 0 Å². The van der Waals surface area contributed by atoms with Crippen LogP contribution in [0.25, 0.3) is 0 Å². The number of aromatic nitrogens is 2. The van der Waals surface area contributed by atoms with Gasteiger partial charge in [0.15, 0.2) is 5.96 Å². The molecule has 4 rings (SSSR count). The van der Waals surface area contributed by atoms with E-state index >= 15 is 0 Å². The number of hydrogen-bond donors (Lipinski definition) is 15. The number of H-pyrrole nitrogens is 1. The molecule has 0 saturated carbocycles. The van der Waals surface area contributed by atoms with Gasteiger partial charge in [-0.05, 0) is 69.1 Å². The summed E-state index contributed by atoms with van der Waals surface area (Å²) < 4.78 is 0. The number of nitrogens with zero attached hydrogens (tertiary/aromatic N) is 4. The van der Waals surface area contributed by atoms with E-state index < -0.39 is 145 Å². The molecule has 0 bridgehead atoms. The molecule has 2 aromatic rings. The van der Waals surface area contributed by atoms with Gasteiger partial charge in [-0.2, -0.15) is 0 Å². The van der Waals surface area contributed by atoms with Crippen LogP contribution in [0.3, 0.4) is 0 Å². The lowest BCUT2D eigenvalue weighted by molar-refractivity contribution is -0.147. The van der Waals surface area contributed by atoms with Gasteiger partial charge >= 0.3 is 17.9 Å². The van der Waals surface area contributed by atoms with Crippen molar-refractivity contribution in [3.63, 3.8) is 0 Å². The molecule has 2 aliphatic heterocycles. The van der Waals surface area contributed by atoms with Crippen LogP contribution in [0.2, 0.25) is 0 Å². The molecule has 0 unspecified atom stereocenters. The van der Waals surface area contributed by atoms with Crippen LogP contribution in [-0.2, 0) is 70.4 Å². The third-order valence-electron chi connectivity index (χ3n) is 12.6. The van der Waals surface area contributed by atoms with Crippen molar-refractivity contribution in [1.29, 1.82) is 0 Å². The highest BCUT2D eigenvalue weighted by Crippen LogP contribution is 2.23. The molecule has 8 atom stereocenters. The highest BCUT2D eigenvalue weighted by Gasteiger charge is 2.43. The van der Waals surface area contributed by atoms with E-state index in [-0.39, 0.29) is 95.6 Å². The number of guanidine groups is 1. The molecule has 31 heteroatoms. The number of nitrogens with one attached hydrogen (secondary N) is 7. The Morgan fingerprint density at radius 1 is 0.679 bits per heavy atom. The number of rotatable bonds is 31. The van der Waals surface area contributed by atoms with Gasteiger partial charge in [-0.3, -0.25) is 57.7 Å². The van der Waals surface area contributed by atoms with E-state index in [0.717, 1.165) is 4.90 Å². The van der Waals surface area contributed by atoms with Crippen molar-refractivity contribution in [1.82, 2.24) is 51.7 Å². The van der Waals surface area contributed by atoms with Crippen LogP contribution in [0.1, 0.15) is 81.9 Å². The summed E-state index contributed by atoms with van der Waals surface area (Å²) in [6, 6.07) is -5.90. The predicted molar refractivity (Wildman–Crippen MR) is 269 cm³/mol. The van der Waals surface area contributed by atoms with Crippen molar-refractivity contribution < 1.29 is 78.0 Å². The maximum atomic E-state index is 14.6. The summed E-state index contributed by atoms with van der Waals surface area (Å²) >= 11 is 0. The number of amides is 9. The van der Waals surface area contributed by atoms with Crippen molar-refractivity contribution in [3.05, 3.63) is 48.0 Å². The van der Waals surface area contributed by atoms with Gasteiger partial charge in [-0.1, -0.05) is 12.1 Å². The Kier molecular flexibility index (Phi) is 23.7. The highest BCUT2D eigenvalue weighted by atomic mass is 16.4. The number of carboxylic acid groups (broad SMARTS) is 3. The number of aromatic amines is 1. The van der Waals surface area contributed by atoms with E-state index in [0.29, 0.717) is 11.3 Å². The van der Waals surface area contributed by atoms with E-state index in [4.69, 9.17) is 28.0 Å². The summed E-state index contributed by atoms with van der Waals surface area (Å²) in [6.07, 6.45) is 0.372. The monoisotopic (exact) mass is 1100 g/mol. The van der Waals surface area contributed by atoms with Crippen LogP contribution in [0, 0.1) is 0 Å². The molecule has 2 saturated heterocycles. The zero-order chi connectivity index (χ0) is 57.6. The van der Waals surface area contributed by atoms with Gasteiger partial charge in [0, 0.05) is 57.2 Å². The lowest BCUT2D eigenvalue weighted by Gasteiger charge is -2.32. The number of benzene rings is 1. The molecule has 0 aliphatic carbocycles. The summed E-state index contributed by atoms with van der Waals surface area (Å²) in [5.74, 6) is -12.5. The van der Waals surface area contributed by atoms with Crippen LogP contribution in [-0.4, -0.2) is 192 Å². The Balaban J connectivity index is 1.50. The first kappa shape index (κ1) is 61.6. The number of carboxylic acids is 3. The molecule has 3 heterocycles. The summed E-state index contributed by atoms with van der Waals surface area (Å²) in [5, 5.41) is 52.5. The van der Waals surface area contributed by atoms with Crippen molar-refractivity contribution in [3.8, 4) is 5.75 Å². The first-order valence-corrected chi connectivity index (χ1v) is 24.8. The molecule has 0 spiro atoms. The topological polar surface area (TPSA) is 510 Å². The van der Waals surface area contributed by atoms with Crippen LogP contribution in [0.15, 0.2) is 41.8 Å². The quantitative estimate of drug-likeness (QED) is 0.0190. The summed E-state index contributed by atoms with van der Waals surface area (Å²) in [7, 11) is 0. The standard InChI is InChI=1S/C47H67N15O16/c48-27(11-14-37(66)67)39(70)59-31(20-38(68)69)45(76)62-17-3-6-34(62)43(74)60-30(19-25-21-52-23-55-25)44(75)61-16-2-5-33(61)42(73)58-29(12-13-35(49)64)41(72)57-28(4-1-15-53-47(50)51)40(71)54-22-36(65)56-32(46(77)78)18-24-7-9-26(63)10-8-24/h7-10,21,23,27-34,63H,1-6,11-20,22,48H2,(H2,49,64)(H,52,55)(H,54,71)(H,56,65)(H,57,72)(H,58,73)(H,59,70)(H,60,74)(H,66,67)(H,68,69)(H,77,78)(H4,50,51,53)/t27-,28-,29-,30-,31-,32-,33-,34-/m0/s1. The maximum absolute atomic E-state index is 14.6. The minimum Gasteiger partial charge on any atom is -0.508 e. The summed E-state index contributed by atoms with van der Waals surface area (Å²) in [6.45, 7) is -0.815. The normalized spacial score (nSPS) is 17.1. The van der Waals surface area contributed by atoms with Crippen molar-refractivity contribution in [2.24, 2.45) is 27.9 Å². The minimum absolute atomic E-state index is 0.00638. The highest BCUT2D eigenvalue weighted by molar-refractivity contribution is 5.99. The Hall–Kier alpha value is -8.90. The predicted octanol–water partition coefficient (Wildman–Crippen LogP) is -5.51. The molecule has 0 radical (unpaired) electrons. The van der Waals surface area contributed by atoms with Crippen LogP contribution >= 0.6 is 0 Å². The van der Waals surface area contributed by atoms with Crippen molar-refractivity contribution >= 4 is 77.0 Å². The number of likely N-dealkylation sites (tertiary alicyclic amines) is 2. The number of hydrogen-bond acceptors (Lipinski definition) is 16. The van der Waals surface area contributed by atoms with Crippen molar-refractivity contribution in [2.45, 2.75) is 132 Å². The zero-order valence-electron chi connectivity index (χ0n) is 42.4. The number of aromatic hydroxyl groups is 1. The van der Waals surface area contributed by atoms with Crippen LogP contribution in [0.5, 0.6) is 5.75 Å². The van der Waals surface area contributed by atoms with E-state index in [1.165, 1.54) is 41.7 Å². The number of aliphatic imine (C=N–C) groups is 1. The number of phenols is 1. The number of carbonyl (C=O) groups excluding carboxylic acids is 9. The molecule has 31 nitrogen and oxygen atoms in total. The molecule has 78 heavy (non-hydrogen) atoms. The van der Waals surface area contributed by atoms with Gasteiger partial charge in [-0.25, -0.2) is 9.78 Å². The van der Waals surface area contributed by atoms with Crippen molar-refractivity contribution in [2.75, 3.05) is 26.2 Å². The van der Waals surface area contributed by atoms with Gasteiger partial charge < -0.3 is 90.0 Å². The van der Waals surface area contributed by atoms with Gasteiger partial charge in [0.05, 0.1) is 25.3 Å². The van der Waals surface area contributed by atoms with E-state index in [1.54, 1.807) is 0 Å².